The van der Waals surface area contributed by atoms with Crippen LogP contribution >= 0.6 is 0 Å². The number of anilines is 1. The molecule has 6 nitrogen and oxygen atoms in total. The van der Waals surface area contributed by atoms with Gasteiger partial charge < -0.3 is 10.2 Å². The summed E-state index contributed by atoms with van der Waals surface area (Å²) in [6.07, 6.45) is 8.32. The van der Waals surface area contributed by atoms with Crippen LogP contribution in [-0.4, -0.2) is 59.5 Å². The highest BCUT2D eigenvalue weighted by molar-refractivity contribution is 5.78. The summed E-state index contributed by atoms with van der Waals surface area (Å²) in [7, 11) is 0. The van der Waals surface area contributed by atoms with Gasteiger partial charge in [-0.2, -0.15) is 0 Å². The number of rotatable bonds is 4. The van der Waals surface area contributed by atoms with E-state index in [2.05, 4.69) is 25.1 Å². The predicted molar refractivity (Wildman–Crippen MR) is 81.1 cm³/mol. The molecule has 1 saturated carbocycles. The Morgan fingerprint density at radius 2 is 1.81 bits per heavy atom. The van der Waals surface area contributed by atoms with E-state index in [9.17, 15) is 4.79 Å². The number of amides is 1. The average Bonchev–Trinajstić information content (AvgIpc) is 3.02. The molecule has 0 aromatic carbocycles. The molecule has 1 N–H and O–H groups in total. The summed E-state index contributed by atoms with van der Waals surface area (Å²) in [6.45, 7) is 4.04. The number of aromatic nitrogens is 2. The van der Waals surface area contributed by atoms with Gasteiger partial charge in [0.15, 0.2) is 0 Å². The number of carbonyl (C=O) groups excluding carboxylic acids is 1. The van der Waals surface area contributed by atoms with Crippen molar-refractivity contribution < 1.29 is 4.79 Å². The van der Waals surface area contributed by atoms with E-state index in [0.29, 0.717) is 12.6 Å². The highest BCUT2D eigenvalue weighted by Gasteiger charge is 2.22. The maximum Gasteiger partial charge on any atom is 0.234 e. The minimum absolute atomic E-state index is 0.173. The lowest BCUT2D eigenvalue weighted by Gasteiger charge is -2.34. The largest absolute Gasteiger partial charge is 0.352 e. The lowest BCUT2D eigenvalue weighted by Crippen LogP contribution is -2.50. The van der Waals surface area contributed by atoms with E-state index in [0.717, 1.165) is 45.0 Å². The molecule has 1 aliphatic carbocycles. The number of carbonyl (C=O) groups is 1. The maximum absolute atomic E-state index is 12.0. The third kappa shape index (κ3) is 3.91. The van der Waals surface area contributed by atoms with Crippen molar-refractivity contribution in [1.82, 2.24) is 20.2 Å². The Labute approximate surface area is 125 Å². The number of hydrogen-bond acceptors (Lipinski definition) is 5. The first-order valence-electron chi connectivity index (χ1n) is 7.85. The molecule has 1 aromatic rings. The van der Waals surface area contributed by atoms with Crippen LogP contribution in [-0.2, 0) is 4.79 Å². The van der Waals surface area contributed by atoms with Crippen LogP contribution in [0.4, 0.5) is 5.95 Å². The Balaban J connectivity index is 1.42. The normalized spacial score (nSPS) is 20.7. The third-order valence-corrected chi connectivity index (χ3v) is 4.29. The Bertz CT molecular complexity index is 452. The van der Waals surface area contributed by atoms with Gasteiger partial charge in [-0.15, -0.1) is 0 Å². The molecule has 114 valence electrons. The molecule has 0 unspecified atom stereocenters. The van der Waals surface area contributed by atoms with Crippen molar-refractivity contribution in [2.75, 3.05) is 37.6 Å². The van der Waals surface area contributed by atoms with Crippen molar-refractivity contribution >= 4 is 11.9 Å². The van der Waals surface area contributed by atoms with Crippen LogP contribution in [0.5, 0.6) is 0 Å². The molecule has 0 bridgehead atoms. The number of piperazine rings is 1. The van der Waals surface area contributed by atoms with Crippen molar-refractivity contribution in [2.45, 2.75) is 31.7 Å². The summed E-state index contributed by atoms with van der Waals surface area (Å²) < 4.78 is 0. The smallest absolute Gasteiger partial charge is 0.234 e. The van der Waals surface area contributed by atoms with Gasteiger partial charge in [0.1, 0.15) is 0 Å². The summed E-state index contributed by atoms with van der Waals surface area (Å²) in [5, 5.41) is 3.15. The first kappa shape index (κ1) is 14.3. The fourth-order valence-corrected chi connectivity index (χ4v) is 3.11. The van der Waals surface area contributed by atoms with Gasteiger partial charge in [-0.1, -0.05) is 12.8 Å². The molecule has 2 heterocycles. The Kier molecular flexibility index (Phi) is 4.65. The van der Waals surface area contributed by atoms with E-state index in [1.54, 1.807) is 12.4 Å². The molecule has 0 spiro atoms. The number of nitrogens with one attached hydrogen (secondary N) is 1. The Hall–Kier alpha value is -1.69. The van der Waals surface area contributed by atoms with Crippen molar-refractivity contribution in [3.8, 4) is 0 Å². The summed E-state index contributed by atoms with van der Waals surface area (Å²) >= 11 is 0. The molecule has 1 aromatic heterocycles. The molecular weight excluding hydrogens is 266 g/mol. The van der Waals surface area contributed by atoms with Gasteiger partial charge in [0.25, 0.3) is 0 Å². The van der Waals surface area contributed by atoms with Crippen molar-refractivity contribution in [1.29, 1.82) is 0 Å². The van der Waals surface area contributed by atoms with Crippen molar-refractivity contribution in [2.24, 2.45) is 0 Å². The van der Waals surface area contributed by atoms with Crippen LogP contribution in [0, 0.1) is 0 Å². The molecule has 0 radical (unpaired) electrons. The quantitative estimate of drug-likeness (QED) is 0.882. The average molecular weight is 289 g/mol. The highest BCUT2D eigenvalue weighted by atomic mass is 16.2. The molecule has 2 fully saturated rings. The molecular formula is C15H23N5O. The second-order valence-electron chi connectivity index (χ2n) is 5.86. The van der Waals surface area contributed by atoms with Gasteiger partial charge in [-0.05, 0) is 18.9 Å². The second-order valence-corrected chi connectivity index (χ2v) is 5.86. The predicted octanol–water partition coefficient (Wildman–Crippen LogP) is 0.657. The Morgan fingerprint density at radius 1 is 1.14 bits per heavy atom. The fourth-order valence-electron chi connectivity index (χ4n) is 3.11. The lowest BCUT2D eigenvalue weighted by molar-refractivity contribution is -0.123. The first-order chi connectivity index (χ1) is 10.3. The van der Waals surface area contributed by atoms with E-state index in [1.165, 1.54) is 12.8 Å². The molecule has 1 amide bonds. The minimum Gasteiger partial charge on any atom is -0.352 e. The monoisotopic (exact) mass is 289 g/mol. The summed E-state index contributed by atoms with van der Waals surface area (Å²) in [5.74, 6) is 0.957. The zero-order valence-corrected chi connectivity index (χ0v) is 12.4. The van der Waals surface area contributed by atoms with Crippen LogP contribution < -0.4 is 10.2 Å². The van der Waals surface area contributed by atoms with Crippen LogP contribution in [0.15, 0.2) is 18.5 Å². The van der Waals surface area contributed by atoms with Crippen LogP contribution in [0.2, 0.25) is 0 Å². The lowest BCUT2D eigenvalue weighted by atomic mass is 10.2. The van der Waals surface area contributed by atoms with E-state index in [-0.39, 0.29) is 5.91 Å². The zero-order valence-electron chi connectivity index (χ0n) is 12.4. The van der Waals surface area contributed by atoms with Crippen LogP contribution in [0.1, 0.15) is 25.7 Å². The standard InChI is InChI=1S/C15H23N5O/c21-14(18-13-4-1-2-5-13)12-19-8-10-20(11-9-19)15-16-6-3-7-17-15/h3,6-7,13H,1-2,4-5,8-12H2,(H,18,21). The third-order valence-electron chi connectivity index (χ3n) is 4.29. The maximum atomic E-state index is 12.0. The van der Waals surface area contributed by atoms with E-state index in [4.69, 9.17) is 0 Å². The first-order valence-corrected chi connectivity index (χ1v) is 7.85. The van der Waals surface area contributed by atoms with Crippen LogP contribution in [0.3, 0.4) is 0 Å². The van der Waals surface area contributed by atoms with Gasteiger partial charge in [-0.25, -0.2) is 9.97 Å². The zero-order chi connectivity index (χ0) is 14.5. The van der Waals surface area contributed by atoms with E-state index >= 15 is 0 Å². The van der Waals surface area contributed by atoms with Gasteiger partial charge >= 0.3 is 0 Å². The van der Waals surface area contributed by atoms with Gasteiger partial charge in [0, 0.05) is 44.6 Å². The fraction of sp³-hybridized carbons (Fsp3) is 0.667. The van der Waals surface area contributed by atoms with Crippen molar-refractivity contribution in [3.05, 3.63) is 18.5 Å². The molecule has 2 aliphatic rings. The van der Waals surface area contributed by atoms with Gasteiger partial charge in [0.2, 0.25) is 11.9 Å². The van der Waals surface area contributed by atoms with Crippen molar-refractivity contribution in [3.63, 3.8) is 0 Å². The summed E-state index contributed by atoms with van der Waals surface area (Å²) in [4.78, 5) is 25.0. The molecule has 6 heteroatoms. The molecule has 21 heavy (non-hydrogen) atoms. The number of hydrogen-bond donors (Lipinski definition) is 1. The molecule has 1 saturated heterocycles. The van der Waals surface area contributed by atoms with E-state index in [1.807, 2.05) is 6.07 Å². The summed E-state index contributed by atoms with van der Waals surface area (Å²) in [5.41, 5.74) is 0. The van der Waals surface area contributed by atoms with Gasteiger partial charge in [0.05, 0.1) is 6.54 Å². The number of nitrogens with zero attached hydrogens (tertiary/aromatic N) is 4. The van der Waals surface area contributed by atoms with Crippen LogP contribution in [0.25, 0.3) is 0 Å². The van der Waals surface area contributed by atoms with E-state index < -0.39 is 0 Å². The highest BCUT2D eigenvalue weighted by Crippen LogP contribution is 2.17. The molecule has 1 aliphatic heterocycles. The Morgan fingerprint density at radius 3 is 2.48 bits per heavy atom. The second kappa shape index (κ2) is 6.85. The summed E-state index contributed by atoms with van der Waals surface area (Å²) in [6, 6.07) is 2.24. The van der Waals surface area contributed by atoms with Gasteiger partial charge in [-0.3, -0.25) is 9.69 Å². The molecule has 3 rings (SSSR count). The topological polar surface area (TPSA) is 61.4 Å². The minimum atomic E-state index is 0.173. The SMILES string of the molecule is O=C(CN1CCN(c2ncccn2)CC1)NC1CCCC1. The molecule has 0 atom stereocenters.